The standard InChI is InChI=1S/C61H47BN2/c1-38-33-57-59-58(34-38)64(44-28-23-39(24-29-44)40-25-30-47-45-17-9-11-19-49(45)60(2,3)51(47)35-40)55-22-14-13-21-53(55)62(59)54-37-42(27-32-56(54)63(57)43-15-7-6-8-16-43)41-26-31-48-46-18-10-12-20-50(46)61(4,5)52(48)36-41/h6-37H,1-5H3. The largest absolute Gasteiger partial charge is 0.311 e. The first kappa shape index (κ1) is 37.2. The summed E-state index contributed by atoms with van der Waals surface area (Å²) in [6, 6.07) is 73.4. The summed E-state index contributed by atoms with van der Waals surface area (Å²) < 4.78 is 0. The van der Waals surface area contributed by atoms with Gasteiger partial charge in [-0.05, 0) is 156 Å². The van der Waals surface area contributed by atoms with Gasteiger partial charge in [0.25, 0.3) is 6.71 Å². The molecule has 0 amide bonds. The molecule has 13 rings (SSSR count). The number of para-hydroxylation sites is 2. The summed E-state index contributed by atoms with van der Waals surface area (Å²) in [6.07, 6.45) is 0. The summed E-state index contributed by atoms with van der Waals surface area (Å²) in [5, 5.41) is 0. The van der Waals surface area contributed by atoms with Gasteiger partial charge in [-0.15, -0.1) is 0 Å². The molecule has 0 aromatic heterocycles. The molecule has 0 radical (unpaired) electrons. The van der Waals surface area contributed by atoms with Gasteiger partial charge in [-0.25, -0.2) is 0 Å². The number of anilines is 6. The second-order valence-corrected chi connectivity index (χ2v) is 19.4. The highest BCUT2D eigenvalue weighted by atomic mass is 15.2. The fraction of sp³-hybridized carbons (Fsp3) is 0.115. The molecule has 4 aliphatic rings. The van der Waals surface area contributed by atoms with E-state index in [-0.39, 0.29) is 17.5 Å². The Bertz CT molecular complexity index is 3410. The van der Waals surface area contributed by atoms with E-state index in [1.165, 1.54) is 111 Å². The topological polar surface area (TPSA) is 6.48 Å². The minimum Gasteiger partial charge on any atom is -0.311 e. The van der Waals surface area contributed by atoms with Gasteiger partial charge in [0, 0.05) is 45.0 Å². The zero-order valence-electron chi connectivity index (χ0n) is 36.9. The van der Waals surface area contributed by atoms with Gasteiger partial charge in [0.1, 0.15) is 0 Å². The van der Waals surface area contributed by atoms with Crippen LogP contribution in [-0.2, 0) is 10.8 Å². The highest BCUT2D eigenvalue weighted by Gasteiger charge is 2.44. The Morgan fingerprint density at radius 1 is 0.344 bits per heavy atom. The number of aryl methyl sites for hydroxylation is 1. The minimum absolute atomic E-state index is 0.0428. The number of fused-ring (bicyclic) bond motifs is 10. The Morgan fingerprint density at radius 2 is 0.797 bits per heavy atom. The molecular formula is C61H47BN2. The molecule has 9 aromatic rings. The summed E-state index contributed by atoms with van der Waals surface area (Å²) in [5.41, 5.74) is 28.3. The van der Waals surface area contributed by atoms with E-state index in [2.05, 4.69) is 239 Å². The molecule has 0 saturated heterocycles. The normalized spacial score (nSPS) is 15.1. The van der Waals surface area contributed by atoms with Crippen molar-refractivity contribution in [3.63, 3.8) is 0 Å². The Hall–Kier alpha value is -7.36. The van der Waals surface area contributed by atoms with Crippen molar-refractivity contribution in [2.24, 2.45) is 0 Å². The zero-order valence-corrected chi connectivity index (χ0v) is 36.9. The molecule has 0 unspecified atom stereocenters. The van der Waals surface area contributed by atoms with Crippen molar-refractivity contribution in [3.05, 3.63) is 222 Å². The van der Waals surface area contributed by atoms with Gasteiger partial charge < -0.3 is 9.80 Å². The average molecular weight is 819 g/mol. The van der Waals surface area contributed by atoms with Crippen LogP contribution < -0.4 is 26.2 Å². The number of nitrogens with zero attached hydrogens (tertiary/aromatic N) is 2. The lowest BCUT2D eigenvalue weighted by atomic mass is 9.33. The molecule has 2 aliphatic heterocycles. The lowest BCUT2D eigenvalue weighted by Crippen LogP contribution is -2.61. The molecule has 0 bridgehead atoms. The first-order valence-electron chi connectivity index (χ1n) is 22.8. The molecule has 3 heteroatoms. The van der Waals surface area contributed by atoms with E-state index in [0.29, 0.717) is 0 Å². The van der Waals surface area contributed by atoms with Crippen molar-refractivity contribution in [2.75, 3.05) is 9.80 Å². The zero-order chi connectivity index (χ0) is 43.1. The van der Waals surface area contributed by atoms with Crippen LogP contribution in [0.15, 0.2) is 194 Å². The van der Waals surface area contributed by atoms with Crippen LogP contribution in [0.25, 0.3) is 44.5 Å². The smallest absolute Gasteiger partial charge is 0.252 e. The molecule has 304 valence electrons. The Labute approximate surface area is 377 Å². The summed E-state index contributed by atoms with van der Waals surface area (Å²) in [6.45, 7) is 11.8. The SMILES string of the molecule is Cc1cc2c3c(c1)N(c1ccccc1)c1ccc(-c4ccc5c(c4)C(C)(C)c4ccccc4-5)cc1B3c1ccccc1N2c1ccc(-c2ccc3c(c2)C(C)(C)c2ccccc2-3)cc1. The van der Waals surface area contributed by atoms with E-state index in [4.69, 9.17) is 0 Å². The summed E-state index contributed by atoms with van der Waals surface area (Å²) in [7, 11) is 0. The quantitative estimate of drug-likeness (QED) is 0.163. The van der Waals surface area contributed by atoms with Crippen molar-refractivity contribution in [1.82, 2.24) is 0 Å². The number of benzene rings is 9. The highest BCUT2D eigenvalue weighted by molar-refractivity contribution is 7.00. The fourth-order valence-corrected chi connectivity index (χ4v) is 12.0. The van der Waals surface area contributed by atoms with Crippen molar-refractivity contribution in [2.45, 2.75) is 45.4 Å². The number of hydrogen-bond acceptors (Lipinski definition) is 2. The molecule has 64 heavy (non-hydrogen) atoms. The minimum atomic E-state index is -0.0689. The van der Waals surface area contributed by atoms with Crippen LogP contribution in [-0.4, -0.2) is 6.71 Å². The van der Waals surface area contributed by atoms with Gasteiger partial charge in [0.2, 0.25) is 0 Å². The van der Waals surface area contributed by atoms with Crippen molar-refractivity contribution >= 4 is 57.2 Å². The molecule has 2 aliphatic carbocycles. The van der Waals surface area contributed by atoms with E-state index in [1.807, 2.05) is 0 Å². The van der Waals surface area contributed by atoms with Gasteiger partial charge in [0.15, 0.2) is 0 Å². The maximum Gasteiger partial charge on any atom is 0.252 e. The lowest BCUT2D eigenvalue weighted by molar-refractivity contribution is 0.660. The average Bonchev–Trinajstić information content (AvgIpc) is 3.70. The van der Waals surface area contributed by atoms with Crippen LogP contribution in [0.4, 0.5) is 34.1 Å². The van der Waals surface area contributed by atoms with E-state index in [1.54, 1.807) is 0 Å². The summed E-state index contributed by atoms with van der Waals surface area (Å²) in [5.74, 6) is 0. The van der Waals surface area contributed by atoms with Gasteiger partial charge in [-0.1, -0.05) is 161 Å². The number of hydrogen-bond donors (Lipinski definition) is 0. The number of rotatable bonds is 4. The fourth-order valence-electron chi connectivity index (χ4n) is 12.0. The molecule has 0 fully saturated rings. The second kappa shape index (κ2) is 13.3. The molecule has 0 N–H and O–H groups in total. The molecule has 9 aromatic carbocycles. The lowest BCUT2D eigenvalue weighted by Gasteiger charge is -2.44. The first-order valence-corrected chi connectivity index (χ1v) is 22.8. The van der Waals surface area contributed by atoms with Gasteiger partial charge >= 0.3 is 0 Å². The Kier molecular flexibility index (Phi) is 7.75. The Morgan fingerprint density at radius 3 is 1.42 bits per heavy atom. The molecular weight excluding hydrogens is 771 g/mol. The van der Waals surface area contributed by atoms with Gasteiger partial charge in [-0.2, -0.15) is 0 Å². The third kappa shape index (κ3) is 5.16. The molecule has 0 atom stereocenters. The van der Waals surface area contributed by atoms with Crippen molar-refractivity contribution in [1.29, 1.82) is 0 Å². The van der Waals surface area contributed by atoms with E-state index < -0.39 is 0 Å². The molecule has 0 saturated carbocycles. The molecule has 0 spiro atoms. The summed E-state index contributed by atoms with van der Waals surface area (Å²) in [4.78, 5) is 5.02. The van der Waals surface area contributed by atoms with Crippen LogP contribution in [0.2, 0.25) is 0 Å². The molecule has 2 nitrogen and oxygen atoms in total. The van der Waals surface area contributed by atoms with Gasteiger partial charge in [-0.3, -0.25) is 0 Å². The summed E-state index contributed by atoms with van der Waals surface area (Å²) >= 11 is 0. The second-order valence-electron chi connectivity index (χ2n) is 19.4. The van der Waals surface area contributed by atoms with Crippen molar-refractivity contribution < 1.29 is 0 Å². The van der Waals surface area contributed by atoms with Crippen LogP contribution in [0.5, 0.6) is 0 Å². The monoisotopic (exact) mass is 818 g/mol. The van der Waals surface area contributed by atoms with E-state index in [9.17, 15) is 0 Å². The van der Waals surface area contributed by atoms with Crippen LogP contribution in [0, 0.1) is 6.92 Å². The van der Waals surface area contributed by atoms with Crippen LogP contribution in [0.1, 0.15) is 55.5 Å². The van der Waals surface area contributed by atoms with Crippen LogP contribution >= 0.6 is 0 Å². The third-order valence-electron chi connectivity index (χ3n) is 15.1. The highest BCUT2D eigenvalue weighted by Crippen LogP contribution is 2.52. The predicted molar refractivity (Wildman–Crippen MR) is 271 cm³/mol. The van der Waals surface area contributed by atoms with E-state index >= 15 is 0 Å². The Balaban J connectivity index is 0.958. The predicted octanol–water partition coefficient (Wildman–Crippen LogP) is 14.0. The molecule has 2 heterocycles. The van der Waals surface area contributed by atoms with Gasteiger partial charge in [0.05, 0.1) is 0 Å². The maximum atomic E-state index is 2.52. The van der Waals surface area contributed by atoms with Crippen molar-refractivity contribution in [3.8, 4) is 44.5 Å². The van der Waals surface area contributed by atoms with E-state index in [0.717, 1.165) is 11.4 Å². The first-order chi connectivity index (χ1) is 31.2. The van der Waals surface area contributed by atoms with Crippen LogP contribution in [0.3, 0.4) is 0 Å². The third-order valence-corrected chi connectivity index (χ3v) is 15.1. The maximum absolute atomic E-state index is 2.52.